The number of nitrogens with two attached hydrogens (primary N) is 1. The van der Waals surface area contributed by atoms with E-state index < -0.39 is 0 Å². The Morgan fingerprint density at radius 3 is 2.56 bits per heavy atom. The van der Waals surface area contributed by atoms with Crippen molar-refractivity contribution in [1.82, 2.24) is 4.98 Å². The van der Waals surface area contributed by atoms with Crippen molar-refractivity contribution in [3.8, 4) is 0 Å². The maximum Gasteiger partial charge on any atom is 0.0595 e. The lowest BCUT2D eigenvalue weighted by atomic mass is 10.0. The molecule has 1 atom stereocenters. The maximum absolute atomic E-state index is 6.15. The van der Waals surface area contributed by atoms with Crippen LogP contribution in [0.25, 0.3) is 0 Å². The highest BCUT2D eigenvalue weighted by molar-refractivity contribution is 6.42. The van der Waals surface area contributed by atoms with Gasteiger partial charge in [0.15, 0.2) is 0 Å². The molecule has 2 N–H and O–H groups in total. The number of pyridine rings is 1. The lowest BCUT2D eigenvalue weighted by molar-refractivity contribution is 0.717. The Balaban J connectivity index is 2.13. The van der Waals surface area contributed by atoms with E-state index in [2.05, 4.69) is 4.98 Å². The van der Waals surface area contributed by atoms with Gasteiger partial charge in [-0.15, -0.1) is 0 Å². The van der Waals surface area contributed by atoms with Crippen LogP contribution < -0.4 is 5.73 Å². The molecule has 1 aromatic heterocycles. The fraction of sp³-hybridized carbons (Fsp3) is 0.214. The van der Waals surface area contributed by atoms with Gasteiger partial charge in [-0.25, -0.2) is 0 Å². The molecule has 0 aliphatic heterocycles. The van der Waals surface area contributed by atoms with Crippen LogP contribution in [0.5, 0.6) is 0 Å². The summed E-state index contributed by atoms with van der Waals surface area (Å²) < 4.78 is 0. The van der Waals surface area contributed by atoms with Gasteiger partial charge in [0.2, 0.25) is 0 Å². The van der Waals surface area contributed by atoms with Crippen molar-refractivity contribution in [3.05, 3.63) is 63.4 Å². The molecular formula is C14H14Cl2N2. The molecule has 0 aliphatic rings. The molecular weight excluding hydrogens is 267 g/mol. The van der Waals surface area contributed by atoms with Crippen molar-refractivity contribution in [3.63, 3.8) is 0 Å². The molecule has 0 saturated heterocycles. The van der Waals surface area contributed by atoms with Crippen LogP contribution in [0.4, 0.5) is 0 Å². The summed E-state index contributed by atoms with van der Waals surface area (Å²) in [4.78, 5) is 4.25. The fourth-order valence-electron chi connectivity index (χ4n) is 1.74. The van der Waals surface area contributed by atoms with Gasteiger partial charge >= 0.3 is 0 Å². The summed E-state index contributed by atoms with van der Waals surface area (Å²) in [6.07, 6.45) is 2.53. The first-order valence-corrected chi connectivity index (χ1v) is 6.44. The minimum absolute atomic E-state index is 0.0876. The lowest BCUT2D eigenvalue weighted by Gasteiger charge is -2.12. The van der Waals surface area contributed by atoms with Crippen LogP contribution in [-0.4, -0.2) is 4.98 Å². The van der Waals surface area contributed by atoms with Gasteiger partial charge in [0.25, 0.3) is 0 Å². The molecule has 0 bridgehead atoms. The third-order valence-corrected chi connectivity index (χ3v) is 3.54. The number of halogens is 2. The number of benzene rings is 1. The SMILES string of the molecule is Cc1ccc(C(N)Cc2ccc(Cl)c(Cl)c2)cn1. The zero-order valence-electron chi connectivity index (χ0n) is 10.0. The number of hydrogen-bond acceptors (Lipinski definition) is 2. The molecule has 18 heavy (non-hydrogen) atoms. The van der Waals surface area contributed by atoms with Crippen molar-refractivity contribution >= 4 is 23.2 Å². The Morgan fingerprint density at radius 2 is 1.94 bits per heavy atom. The number of aromatic nitrogens is 1. The Bertz CT molecular complexity index is 538. The molecule has 0 amide bonds. The van der Waals surface area contributed by atoms with Gasteiger partial charge in [0.1, 0.15) is 0 Å². The van der Waals surface area contributed by atoms with Crippen LogP contribution in [0.3, 0.4) is 0 Å². The van der Waals surface area contributed by atoms with Gasteiger partial charge in [0, 0.05) is 17.9 Å². The van der Waals surface area contributed by atoms with Crippen molar-refractivity contribution in [2.24, 2.45) is 5.73 Å². The van der Waals surface area contributed by atoms with Gasteiger partial charge < -0.3 is 5.73 Å². The average molecular weight is 281 g/mol. The Morgan fingerprint density at radius 1 is 1.17 bits per heavy atom. The second-order valence-electron chi connectivity index (χ2n) is 4.29. The molecule has 4 heteroatoms. The topological polar surface area (TPSA) is 38.9 Å². The van der Waals surface area contributed by atoms with Crippen LogP contribution in [0.15, 0.2) is 36.5 Å². The second-order valence-corrected chi connectivity index (χ2v) is 5.11. The normalized spacial score (nSPS) is 12.4. The van der Waals surface area contributed by atoms with Crippen molar-refractivity contribution in [2.45, 2.75) is 19.4 Å². The molecule has 1 unspecified atom stereocenters. The molecule has 0 spiro atoms. The minimum Gasteiger partial charge on any atom is -0.324 e. The highest BCUT2D eigenvalue weighted by atomic mass is 35.5. The predicted octanol–water partition coefficient (Wildman–Crippen LogP) is 3.94. The molecule has 2 aromatic rings. The summed E-state index contributed by atoms with van der Waals surface area (Å²) in [5.74, 6) is 0. The summed E-state index contributed by atoms with van der Waals surface area (Å²) >= 11 is 11.9. The summed E-state index contributed by atoms with van der Waals surface area (Å²) in [5.41, 5.74) is 9.22. The van der Waals surface area contributed by atoms with E-state index in [0.29, 0.717) is 16.5 Å². The minimum atomic E-state index is -0.0876. The first kappa shape index (κ1) is 13.3. The van der Waals surface area contributed by atoms with E-state index in [1.54, 1.807) is 6.07 Å². The van der Waals surface area contributed by atoms with Gasteiger partial charge in [-0.3, -0.25) is 4.98 Å². The fourth-order valence-corrected chi connectivity index (χ4v) is 2.06. The average Bonchev–Trinajstić information content (AvgIpc) is 2.34. The molecule has 2 rings (SSSR count). The summed E-state index contributed by atoms with van der Waals surface area (Å²) in [7, 11) is 0. The molecule has 0 radical (unpaired) electrons. The zero-order valence-corrected chi connectivity index (χ0v) is 11.5. The van der Waals surface area contributed by atoms with E-state index in [-0.39, 0.29) is 6.04 Å². The number of rotatable bonds is 3. The summed E-state index contributed by atoms with van der Waals surface area (Å²) in [6, 6.07) is 9.46. The van der Waals surface area contributed by atoms with Gasteiger partial charge in [-0.2, -0.15) is 0 Å². The summed E-state index contributed by atoms with van der Waals surface area (Å²) in [5, 5.41) is 1.12. The number of hydrogen-bond donors (Lipinski definition) is 1. The van der Waals surface area contributed by atoms with Gasteiger partial charge in [-0.05, 0) is 42.7 Å². The first-order valence-electron chi connectivity index (χ1n) is 5.68. The Kier molecular flexibility index (Phi) is 4.23. The van der Waals surface area contributed by atoms with Crippen molar-refractivity contribution < 1.29 is 0 Å². The number of aryl methyl sites for hydroxylation is 1. The molecule has 2 nitrogen and oxygen atoms in total. The Labute approximate surface area is 117 Å². The molecule has 1 aromatic carbocycles. The van der Waals surface area contributed by atoms with Crippen LogP contribution in [0.1, 0.15) is 22.9 Å². The second kappa shape index (κ2) is 5.70. The maximum atomic E-state index is 6.15. The first-order chi connectivity index (χ1) is 8.56. The molecule has 0 aliphatic carbocycles. The third-order valence-electron chi connectivity index (χ3n) is 2.80. The van der Waals surface area contributed by atoms with Gasteiger partial charge in [-0.1, -0.05) is 35.3 Å². The van der Waals surface area contributed by atoms with Crippen LogP contribution in [0, 0.1) is 6.92 Å². The Hall–Kier alpha value is -1.09. The third kappa shape index (κ3) is 3.22. The van der Waals surface area contributed by atoms with Crippen molar-refractivity contribution in [2.75, 3.05) is 0 Å². The predicted molar refractivity (Wildman–Crippen MR) is 76.1 cm³/mol. The van der Waals surface area contributed by atoms with Crippen LogP contribution in [-0.2, 0) is 6.42 Å². The van der Waals surface area contributed by atoms with E-state index in [1.165, 1.54) is 0 Å². The van der Waals surface area contributed by atoms with E-state index >= 15 is 0 Å². The smallest absolute Gasteiger partial charge is 0.0595 e. The molecule has 0 saturated carbocycles. The molecule has 0 fully saturated rings. The van der Waals surface area contributed by atoms with Crippen LogP contribution in [0.2, 0.25) is 10.0 Å². The standard InChI is InChI=1S/C14H14Cl2N2/c1-9-2-4-11(8-18-9)14(17)7-10-3-5-12(15)13(16)6-10/h2-6,8,14H,7,17H2,1H3. The van der Waals surface area contributed by atoms with E-state index in [4.69, 9.17) is 28.9 Å². The largest absolute Gasteiger partial charge is 0.324 e. The van der Waals surface area contributed by atoms with Crippen molar-refractivity contribution in [1.29, 1.82) is 0 Å². The van der Waals surface area contributed by atoms with E-state index in [9.17, 15) is 0 Å². The molecule has 94 valence electrons. The van der Waals surface area contributed by atoms with Gasteiger partial charge in [0.05, 0.1) is 10.0 Å². The zero-order chi connectivity index (χ0) is 13.1. The summed E-state index contributed by atoms with van der Waals surface area (Å²) in [6.45, 7) is 1.95. The quantitative estimate of drug-likeness (QED) is 0.925. The van der Waals surface area contributed by atoms with E-state index in [0.717, 1.165) is 16.8 Å². The number of nitrogens with zero attached hydrogens (tertiary/aromatic N) is 1. The monoisotopic (exact) mass is 280 g/mol. The molecule has 1 heterocycles. The highest BCUT2D eigenvalue weighted by Crippen LogP contribution is 2.24. The highest BCUT2D eigenvalue weighted by Gasteiger charge is 2.08. The van der Waals surface area contributed by atoms with E-state index in [1.807, 2.05) is 37.4 Å². The lowest BCUT2D eigenvalue weighted by Crippen LogP contribution is -2.13. The van der Waals surface area contributed by atoms with Crippen LogP contribution >= 0.6 is 23.2 Å².